The highest BCUT2D eigenvalue weighted by Gasteiger charge is 2.02. The Hall–Kier alpha value is -2.39. The fourth-order valence-corrected chi connectivity index (χ4v) is 3.72. The van der Waals surface area contributed by atoms with Crippen molar-refractivity contribution in [3.8, 4) is 5.75 Å². The van der Waals surface area contributed by atoms with Crippen molar-refractivity contribution < 1.29 is 14.6 Å². The fourth-order valence-electron chi connectivity index (χ4n) is 3.72. The van der Waals surface area contributed by atoms with Crippen LogP contribution < -0.4 is 4.74 Å². The molecule has 0 amide bonds. The Bertz CT molecular complexity index is 750. The van der Waals surface area contributed by atoms with Gasteiger partial charge in [-0.15, -0.1) is 0 Å². The molecule has 0 aromatic heterocycles. The summed E-state index contributed by atoms with van der Waals surface area (Å²) in [6, 6.07) is 17.3. The number of benzene rings is 2. The number of ether oxygens (including phenoxy) is 1. The van der Waals surface area contributed by atoms with Crippen molar-refractivity contribution in [3.05, 3.63) is 71.8 Å². The van der Waals surface area contributed by atoms with Gasteiger partial charge in [-0.1, -0.05) is 101 Å². The minimum atomic E-state index is 0.00194. The van der Waals surface area contributed by atoms with Gasteiger partial charge >= 0.3 is 0 Å². The summed E-state index contributed by atoms with van der Waals surface area (Å²) >= 11 is 0. The lowest BCUT2D eigenvalue weighted by atomic mass is 10.1. The molecule has 0 spiro atoms. The number of carbonyl (C=O) groups excluding carboxylic acids is 1. The summed E-state index contributed by atoms with van der Waals surface area (Å²) in [7, 11) is 0. The number of carbonyl (C=O) groups is 1. The van der Waals surface area contributed by atoms with Crippen LogP contribution in [0.1, 0.15) is 93.0 Å². The van der Waals surface area contributed by atoms with E-state index in [0.717, 1.165) is 30.8 Å². The van der Waals surface area contributed by atoms with Crippen LogP contribution >= 0.6 is 0 Å². The Labute approximate surface area is 194 Å². The molecule has 3 heteroatoms. The van der Waals surface area contributed by atoms with Gasteiger partial charge in [0.1, 0.15) is 5.75 Å². The number of hydrogen-bond donors (Lipinski definition) is 1. The van der Waals surface area contributed by atoms with Crippen molar-refractivity contribution in [1.82, 2.24) is 0 Å². The van der Waals surface area contributed by atoms with Gasteiger partial charge in [0.2, 0.25) is 0 Å². The average molecular weight is 437 g/mol. The maximum atomic E-state index is 12.3. The third kappa shape index (κ3) is 11.9. The number of ketones is 1. The molecule has 0 atom stereocenters. The molecule has 2 aromatic carbocycles. The molecule has 0 aliphatic rings. The second-order valence-corrected chi connectivity index (χ2v) is 8.45. The third-order valence-corrected chi connectivity index (χ3v) is 5.69. The van der Waals surface area contributed by atoms with E-state index in [1.807, 2.05) is 60.7 Å². The first kappa shape index (κ1) is 25.9. The van der Waals surface area contributed by atoms with Crippen molar-refractivity contribution in [1.29, 1.82) is 0 Å². The summed E-state index contributed by atoms with van der Waals surface area (Å²) in [5, 5.41) is 8.76. The van der Waals surface area contributed by atoms with Crippen LogP contribution in [0.15, 0.2) is 60.7 Å². The van der Waals surface area contributed by atoms with E-state index in [9.17, 15) is 4.79 Å². The Morgan fingerprint density at radius 1 is 0.688 bits per heavy atom. The van der Waals surface area contributed by atoms with E-state index >= 15 is 0 Å². The van der Waals surface area contributed by atoms with Crippen LogP contribution in [0.25, 0.3) is 6.08 Å². The van der Waals surface area contributed by atoms with Crippen molar-refractivity contribution >= 4 is 11.9 Å². The summed E-state index contributed by atoms with van der Waals surface area (Å²) in [4.78, 5) is 12.3. The highest BCUT2D eigenvalue weighted by Crippen LogP contribution is 2.15. The predicted molar refractivity (Wildman–Crippen MR) is 134 cm³/mol. The number of allylic oxidation sites excluding steroid dienone is 1. The quantitative estimate of drug-likeness (QED) is 0.148. The molecule has 0 heterocycles. The highest BCUT2D eigenvalue weighted by atomic mass is 16.5. The number of hydrogen-bond acceptors (Lipinski definition) is 3. The summed E-state index contributed by atoms with van der Waals surface area (Å²) in [6.45, 7) is 1.07. The lowest BCUT2D eigenvalue weighted by Crippen LogP contribution is -1.99. The van der Waals surface area contributed by atoms with Crippen LogP contribution in [0.4, 0.5) is 0 Å². The molecule has 0 bridgehead atoms. The third-order valence-electron chi connectivity index (χ3n) is 5.69. The molecule has 0 saturated carbocycles. The van der Waals surface area contributed by atoms with Crippen molar-refractivity contribution in [2.45, 2.75) is 77.0 Å². The number of aliphatic hydroxyl groups excluding tert-OH is 1. The summed E-state index contributed by atoms with van der Waals surface area (Å²) in [6.07, 6.45) is 18.4. The molecule has 0 radical (unpaired) electrons. The Morgan fingerprint density at radius 3 is 1.78 bits per heavy atom. The van der Waals surface area contributed by atoms with E-state index in [4.69, 9.17) is 9.84 Å². The van der Waals surface area contributed by atoms with Gasteiger partial charge in [0.15, 0.2) is 5.78 Å². The van der Waals surface area contributed by atoms with Gasteiger partial charge in [0, 0.05) is 12.2 Å². The van der Waals surface area contributed by atoms with Crippen LogP contribution in [0.3, 0.4) is 0 Å². The zero-order valence-electron chi connectivity index (χ0n) is 19.5. The standard InChI is InChI=1S/C29H40O3/c30-24-14-9-7-5-3-1-2-4-6-8-10-15-25-32-28-21-19-27(20-22-28)29(31)23-18-26-16-12-11-13-17-26/h11-13,16-23,30H,1-10,14-15,24-25H2. The Kier molecular flexibility index (Phi) is 13.9. The van der Waals surface area contributed by atoms with Crippen molar-refractivity contribution in [3.63, 3.8) is 0 Å². The molecular formula is C29H40O3. The second kappa shape index (κ2) is 17.2. The van der Waals surface area contributed by atoms with E-state index in [0.29, 0.717) is 12.2 Å². The van der Waals surface area contributed by atoms with Gasteiger partial charge in [0.05, 0.1) is 6.61 Å². The molecule has 2 rings (SSSR count). The normalized spacial score (nSPS) is 11.2. The van der Waals surface area contributed by atoms with E-state index in [1.165, 1.54) is 64.2 Å². The van der Waals surface area contributed by atoms with Gasteiger partial charge in [-0.05, 0) is 48.7 Å². The lowest BCUT2D eigenvalue weighted by Gasteiger charge is -2.07. The number of rotatable bonds is 18. The SMILES string of the molecule is O=C(C=Cc1ccccc1)c1ccc(OCCCCCCCCCCCCCCO)cc1. The van der Waals surface area contributed by atoms with E-state index in [-0.39, 0.29) is 5.78 Å². The minimum absolute atomic E-state index is 0.00194. The van der Waals surface area contributed by atoms with E-state index in [2.05, 4.69) is 0 Å². The topological polar surface area (TPSA) is 46.5 Å². The fraction of sp³-hybridized carbons (Fsp3) is 0.483. The summed E-state index contributed by atoms with van der Waals surface area (Å²) < 4.78 is 5.83. The molecule has 2 aromatic rings. The van der Waals surface area contributed by atoms with Crippen molar-refractivity contribution in [2.24, 2.45) is 0 Å². The molecular weight excluding hydrogens is 396 g/mol. The van der Waals surface area contributed by atoms with Crippen molar-refractivity contribution in [2.75, 3.05) is 13.2 Å². The molecule has 0 unspecified atom stereocenters. The molecule has 0 aliphatic heterocycles. The molecule has 0 saturated heterocycles. The smallest absolute Gasteiger partial charge is 0.185 e. The molecule has 1 N–H and O–H groups in total. The Morgan fingerprint density at radius 2 is 1.22 bits per heavy atom. The first-order valence-electron chi connectivity index (χ1n) is 12.4. The van der Waals surface area contributed by atoms with Gasteiger partial charge in [-0.2, -0.15) is 0 Å². The molecule has 32 heavy (non-hydrogen) atoms. The minimum Gasteiger partial charge on any atom is -0.494 e. The number of aliphatic hydroxyl groups is 1. The van der Waals surface area contributed by atoms with Gasteiger partial charge in [0.25, 0.3) is 0 Å². The largest absolute Gasteiger partial charge is 0.494 e. The molecule has 174 valence electrons. The maximum Gasteiger partial charge on any atom is 0.185 e. The van der Waals surface area contributed by atoms with E-state index in [1.54, 1.807) is 6.08 Å². The zero-order valence-corrected chi connectivity index (χ0v) is 19.5. The summed E-state index contributed by atoms with van der Waals surface area (Å²) in [5.74, 6) is 0.828. The van der Waals surface area contributed by atoms with Crippen LogP contribution in [0.2, 0.25) is 0 Å². The van der Waals surface area contributed by atoms with Crippen LogP contribution in [0, 0.1) is 0 Å². The van der Waals surface area contributed by atoms with Gasteiger partial charge < -0.3 is 9.84 Å². The first-order valence-corrected chi connectivity index (χ1v) is 12.4. The second-order valence-electron chi connectivity index (χ2n) is 8.45. The maximum absolute atomic E-state index is 12.3. The average Bonchev–Trinajstić information content (AvgIpc) is 2.84. The highest BCUT2D eigenvalue weighted by molar-refractivity contribution is 6.06. The first-order chi connectivity index (χ1) is 15.8. The zero-order chi connectivity index (χ0) is 22.7. The lowest BCUT2D eigenvalue weighted by molar-refractivity contribution is 0.104. The number of unbranched alkanes of at least 4 members (excludes halogenated alkanes) is 11. The van der Waals surface area contributed by atoms with Crippen LogP contribution in [-0.4, -0.2) is 24.1 Å². The molecule has 3 nitrogen and oxygen atoms in total. The predicted octanol–water partition coefficient (Wildman–Crippen LogP) is 7.64. The van der Waals surface area contributed by atoms with Gasteiger partial charge in [-0.3, -0.25) is 4.79 Å². The molecule has 0 aliphatic carbocycles. The van der Waals surface area contributed by atoms with Crippen LogP contribution in [-0.2, 0) is 0 Å². The van der Waals surface area contributed by atoms with E-state index < -0.39 is 0 Å². The van der Waals surface area contributed by atoms with Crippen LogP contribution in [0.5, 0.6) is 5.75 Å². The summed E-state index contributed by atoms with van der Waals surface area (Å²) in [5.41, 5.74) is 1.70. The monoisotopic (exact) mass is 436 g/mol. The van der Waals surface area contributed by atoms with Gasteiger partial charge in [-0.25, -0.2) is 0 Å². The Balaban J connectivity index is 1.48. The molecule has 0 fully saturated rings.